The van der Waals surface area contributed by atoms with Crippen molar-refractivity contribution in [2.24, 2.45) is 17.6 Å². The number of carbonyl (C=O) groups excluding carboxylic acids is 1. The molecule has 3 nitrogen and oxygen atoms in total. The summed E-state index contributed by atoms with van der Waals surface area (Å²) in [7, 11) is 1.89. The van der Waals surface area contributed by atoms with Crippen molar-refractivity contribution < 1.29 is 4.79 Å². The monoisotopic (exact) mass is 184 g/mol. The van der Waals surface area contributed by atoms with Crippen LogP contribution >= 0.6 is 0 Å². The summed E-state index contributed by atoms with van der Waals surface area (Å²) in [4.78, 5) is 13.5. The molecule has 1 aliphatic heterocycles. The largest absolute Gasteiger partial charge is 0.345 e. The first-order valence-corrected chi connectivity index (χ1v) is 5.15. The van der Waals surface area contributed by atoms with Crippen LogP contribution in [0.4, 0.5) is 0 Å². The normalized spacial score (nSPS) is 25.3. The standard InChI is InChI=1S/C10H20N2O/c1-3-8(4-6-11)9-5-7-12(2)10(9)13/h8-9H,3-7,11H2,1-2H3. The minimum absolute atomic E-state index is 0.249. The van der Waals surface area contributed by atoms with E-state index in [0.29, 0.717) is 18.4 Å². The van der Waals surface area contributed by atoms with Crippen molar-refractivity contribution >= 4 is 5.91 Å². The number of carbonyl (C=O) groups is 1. The Morgan fingerprint density at radius 3 is 2.77 bits per heavy atom. The quantitative estimate of drug-likeness (QED) is 0.703. The highest BCUT2D eigenvalue weighted by Crippen LogP contribution is 2.28. The molecule has 1 saturated heterocycles. The Hall–Kier alpha value is -0.570. The van der Waals surface area contributed by atoms with Gasteiger partial charge in [-0.2, -0.15) is 0 Å². The fourth-order valence-electron chi connectivity index (χ4n) is 2.19. The van der Waals surface area contributed by atoms with Gasteiger partial charge < -0.3 is 10.6 Å². The van der Waals surface area contributed by atoms with E-state index in [0.717, 1.165) is 25.8 Å². The van der Waals surface area contributed by atoms with Crippen molar-refractivity contribution in [3.05, 3.63) is 0 Å². The van der Waals surface area contributed by atoms with E-state index in [9.17, 15) is 4.79 Å². The van der Waals surface area contributed by atoms with Crippen LogP contribution in [0.5, 0.6) is 0 Å². The van der Waals surface area contributed by atoms with Gasteiger partial charge in [0.25, 0.3) is 0 Å². The maximum absolute atomic E-state index is 11.7. The van der Waals surface area contributed by atoms with Crippen LogP contribution in [0.3, 0.4) is 0 Å². The van der Waals surface area contributed by atoms with Gasteiger partial charge in [0.05, 0.1) is 0 Å². The summed E-state index contributed by atoms with van der Waals surface area (Å²) in [6, 6.07) is 0. The molecule has 2 unspecified atom stereocenters. The molecule has 0 spiro atoms. The Balaban J connectivity index is 2.54. The number of nitrogens with two attached hydrogens (primary N) is 1. The summed E-state index contributed by atoms with van der Waals surface area (Å²) in [6.45, 7) is 3.77. The number of likely N-dealkylation sites (tertiary alicyclic amines) is 1. The van der Waals surface area contributed by atoms with Crippen LogP contribution in [-0.4, -0.2) is 30.9 Å². The zero-order chi connectivity index (χ0) is 9.84. The van der Waals surface area contributed by atoms with Crippen molar-refractivity contribution in [3.8, 4) is 0 Å². The Labute approximate surface area is 80.3 Å². The van der Waals surface area contributed by atoms with Gasteiger partial charge >= 0.3 is 0 Å². The first-order valence-electron chi connectivity index (χ1n) is 5.15. The summed E-state index contributed by atoms with van der Waals surface area (Å²) < 4.78 is 0. The van der Waals surface area contributed by atoms with Crippen LogP contribution in [0.25, 0.3) is 0 Å². The summed E-state index contributed by atoms with van der Waals surface area (Å²) in [5.41, 5.74) is 5.53. The first-order chi connectivity index (χ1) is 6.20. The van der Waals surface area contributed by atoms with Crippen LogP contribution in [0.2, 0.25) is 0 Å². The highest BCUT2D eigenvalue weighted by molar-refractivity contribution is 5.80. The molecule has 2 N–H and O–H groups in total. The van der Waals surface area contributed by atoms with E-state index >= 15 is 0 Å². The van der Waals surface area contributed by atoms with Gasteiger partial charge in [-0.05, 0) is 25.3 Å². The Kier molecular flexibility index (Phi) is 3.72. The molecule has 1 amide bonds. The molecular weight excluding hydrogens is 164 g/mol. The van der Waals surface area contributed by atoms with E-state index in [1.807, 2.05) is 11.9 Å². The average molecular weight is 184 g/mol. The van der Waals surface area contributed by atoms with Gasteiger partial charge in [-0.25, -0.2) is 0 Å². The Morgan fingerprint density at radius 1 is 1.69 bits per heavy atom. The van der Waals surface area contributed by atoms with Crippen LogP contribution < -0.4 is 5.73 Å². The van der Waals surface area contributed by atoms with E-state index in [1.54, 1.807) is 0 Å². The highest BCUT2D eigenvalue weighted by Gasteiger charge is 2.33. The third-order valence-corrected chi connectivity index (χ3v) is 3.10. The summed E-state index contributed by atoms with van der Waals surface area (Å²) in [5.74, 6) is 1.07. The van der Waals surface area contributed by atoms with Crippen molar-refractivity contribution in [1.29, 1.82) is 0 Å². The van der Waals surface area contributed by atoms with Gasteiger partial charge in [-0.15, -0.1) is 0 Å². The van der Waals surface area contributed by atoms with E-state index < -0.39 is 0 Å². The molecule has 3 heteroatoms. The lowest BCUT2D eigenvalue weighted by molar-refractivity contribution is -0.131. The second kappa shape index (κ2) is 4.61. The van der Waals surface area contributed by atoms with Crippen molar-refractivity contribution in [1.82, 2.24) is 4.90 Å². The van der Waals surface area contributed by atoms with Gasteiger partial charge in [0.1, 0.15) is 0 Å². The number of rotatable bonds is 4. The smallest absolute Gasteiger partial charge is 0.225 e. The van der Waals surface area contributed by atoms with E-state index in [-0.39, 0.29) is 5.92 Å². The zero-order valence-corrected chi connectivity index (χ0v) is 8.62. The second-order valence-electron chi connectivity index (χ2n) is 3.90. The maximum Gasteiger partial charge on any atom is 0.225 e. The van der Waals surface area contributed by atoms with Crippen LogP contribution in [0.1, 0.15) is 26.2 Å². The molecule has 2 atom stereocenters. The fraction of sp³-hybridized carbons (Fsp3) is 0.900. The molecule has 0 aromatic heterocycles. The summed E-state index contributed by atoms with van der Waals surface area (Å²) >= 11 is 0. The predicted molar refractivity (Wildman–Crippen MR) is 53.2 cm³/mol. The number of hydrogen-bond acceptors (Lipinski definition) is 2. The maximum atomic E-state index is 11.7. The third-order valence-electron chi connectivity index (χ3n) is 3.10. The van der Waals surface area contributed by atoms with E-state index in [4.69, 9.17) is 5.73 Å². The molecule has 1 fully saturated rings. The zero-order valence-electron chi connectivity index (χ0n) is 8.62. The van der Waals surface area contributed by atoms with E-state index in [1.165, 1.54) is 0 Å². The van der Waals surface area contributed by atoms with Gasteiger partial charge in [0.2, 0.25) is 5.91 Å². The lowest BCUT2D eigenvalue weighted by Gasteiger charge is -2.19. The number of nitrogens with zero attached hydrogens (tertiary/aromatic N) is 1. The summed E-state index contributed by atoms with van der Waals surface area (Å²) in [6.07, 6.45) is 3.08. The van der Waals surface area contributed by atoms with Gasteiger partial charge in [0.15, 0.2) is 0 Å². The van der Waals surface area contributed by atoms with E-state index in [2.05, 4.69) is 6.92 Å². The topological polar surface area (TPSA) is 46.3 Å². The molecule has 0 radical (unpaired) electrons. The van der Waals surface area contributed by atoms with Gasteiger partial charge in [0, 0.05) is 19.5 Å². The van der Waals surface area contributed by atoms with Crippen LogP contribution in [0.15, 0.2) is 0 Å². The fourth-order valence-corrected chi connectivity index (χ4v) is 2.19. The minimum Gasteiger partial charge on any atom is -0.345 e. The van der Waals surface area contributed by atoms with Crippen LogP contribution in [0, 0.1) is 11.8 Å². The predicted octanol–water partition coefficient (Wildman–Crippen LogP) is 0.840. The molecule has 0 aromatic rings. The average Bonchev–Trinajstić information content (AvgIpc) is 2.45. The molecule has 0 aliphatic carbocycles. The minimum atomic E-state index is 0.249. The molecular formula is C10H20N2O. The molecule has 1 aliphatic rings. The molecule has 76 valence electrons. The van der Waals surface area contributed by atoms with Gasteiger partial charge in [-0.3, -0.25) is 4.79 Å². The molecule has 0 aromatic carbocycles. The Morgan fingerprint density at radius 2 is 2.38 bits per heavy atom. The van der Waals surface area contributed by atoms with Crippen LogP contribution in [-0.2, 0) is 4.79 Å². The number of hydrogen-bond donors (Lipinski definition) is 1. The molecule has 0 saturated carbocycles. The van der Waals surface area contributed by atoms with Crippen molar-refractivity contribution in [2.75, 3.05) is 20.1 Å². The van der Waals surface area contributed by atoms with Crippen molar-refractivity contribution in [2.45, 2.75) is 26.2 Å². The second-order valence-corrected chi connectivity index (χ2v) is 3.90. The summed E-state index contributed by atoms with van der Waals surface area (Å²) in [5, 5.41) is 0. The molecule has 0 bridgehead atoms. The number of amides is 1. The third kappa shape index (κ3) is 2.21. The SMILES string of the molecule is CCC(CCN)C1CCN(C)C1=O. The Bertz CT molecular complexity index is 182. The van der Waals surface area contributed by atoms with Crippen molar-refractivity contribution in [3.63, 3.8) is 0 Å². The lowest BCUT2D eigenvalue weighted by atomic mass is 9.86. The highest BCUT2D eigenvalue weighted by atomic mass is 16.2. The van der Waals surface area contributed by atoms with Gasteiger partial charge in [-0.1, -0.05) is 13.3 Å². The molecule has 13 heavy (non-hydrogen) atoms. The lowest BCUT2D eigenvalue weighted by Crippen LogP contribution is -2.27. The molecule has 1 heterocycles. The first kappa shape index (κ1) is 10.5. The molecule has 1 rings (SSSR count).